The Morgan fingerprint density at radius 3 is 2.72 bits per heavy atom. The van der Waals surface area contributed by atoms with Crippen LogP contribution in [0.25, 0.3) is 0 Å². The normalized spacial score (nSPS) is 15.6. The van der Waals surface area contributed by atoms with Crippen LogP contribution in [0.15, 0.2) is 24.4 Å². The Kier molecular flexibility index (Phi) is 4.39. The number of carbonyl (C=O) groups excluding carboxylic acids is 1. The maximum Gasteiger partial charge on any atom is 0.317 e. The largest absolute Gasteiger partial charge is 0.353 e. The lowest BCUT2D eigenvalue weighted by Gasteiger charge is -2.35. The third-order valence-corrected chi connectivity index (χ3v) is 3.07. The minimum Gasteiger partial charge on any atom is -0.353 e. The van der Waals surface area contributed by atoms with Crippen molar-refractivity contribution in [3.63, 3.8) is 0 Å². The molecule has 1 aliphatic heterocycles. The Labute approximate surface area is 108 Å². The van der Waals surface area contributed by atoms with Gasteiger partial charge in [-0.05, 0) is 18.6 Å². The molecule has 1 aromatic heterocycles. The summed E-state index contributed by atoms with van der Waals surface area (Å²) in [5.74, 6) is 0.992. The third kappa shape index (κ3) is 3.12. The van der Waals surface area contributed by atoms with Gasteiger partial charge in [-0.25, -0.2) is 9.78 Å². The highest BCUT2D eigenvalue weighted by Crippen LogP contribution is 2.12. The third-order valence-electron chi connectivity index (χ3n) is 3.07. The van der Waals surface area contributed by atoms with Crippen LogP contribution in [0.3, 0.4) is 0 Å². The number of rotatable bonds is 3. The molecule has 1 fully saturated rings. The molecule has 5 nitrogen and oxygen atoms in total. The van der Waals surface area contributed by atoms with Gasteiger partial charge in [0.2, 0.25) is 0 Å². The number of aromatic nitrogens is 1. The van der Waals surface area contributed by atoms with Gasteiger partial charge in [0, 0.05) is 38.9 Å². The molecule has 1 N–H and O–H groups in total. The number of carbonyl (C=O) groups is 1. The van der Waals surface area contributed by atoms with E-state index in [2.05, 4.69) is 22.1 Å². The Morgan fingerprint density at radius 1 is 1.33 bits per heavy atom. The highest BCUT2D eigenvalue weighted by atomic mass is 16.2. The minimum absolute atomic E-state index is 0.0533. The van der Waals surface area contributed by atoms with Crippen molar-refractivity contribution in [2.75, 3.05) is 37.6 Å². The highest BCUT2D eigenvalue weighted by Gasteiger charge is 2.21. The van der Waals surface area contributed by atoms with E-state index >= 15 is 0 Å². The van der Waals surface area contributed by atoms with Crippen LogP contribution in [0, 0.1) is 0 Å². The molecule has 2 amide bonds. The van der Waals surface area contributed by atoms with E-state index in [4.69, 9.17) is 0 Å². The van der Waals surface area contributed by atoms with Crippen molar-refractivity contribution in [2.24, 2.45) is 0 Å². The van der Waals surface area contributed by atoms with Crippen molar-refractivity contribution in [1.82, 2.24) is 15.2 Å². The van der Waals surface area contributed by atoms with Gasteiger partial charge in [-0.3, -0.25) is 0 Å². The summed E-state index contributed by atoms with van der Waals surface area (Å²) >= 11 is 0. The number of nitrogens with one attached hydrogen (secondary N) is 1. The molecule has 18 heavy (non-hydrogen) atoms. The second-order valence-corrected chi connectivity index (χ2v) is 4.39. The molecular weight excluding hydrogens is 228 g/mol. The summed E-state index contributed by atoms with van der Waals surface area (Å²) < 4.78 is 0. The predicted octanol–water partition coefficient (Wildman–Crippen LogP) is 1.32. The van der Waals surface area contributed by atoms with Crippen molar-refractivity contribution >= 4 is 11.8 Å². The molecule has 2 rings (SSSR count). The lowest BCUT2D eigenvalue weighted by molar-refractivity contribution is 0.194. The molecular formula is C13H20N4O. The van der Waals surface area contributed by atoms with Crippen LogP contribution in [0.2, 0.25) is 0 Å². The van der Waals surface area contributed by atoms with E-state index in [-0.39, 0.29) is 6.03 Å². The van der Waals surface area contributed by atoms with Crippen molar-refractivity contribution in [3.05, 3.63) is 24.4 Å². The van der Waals surface area contributed by atoms with Crippen LogP contribution in [0.1, 0.15) is 13.3 Å². The smallest absolute Gasteiger partial charge is 0.317 e. The van der Waals surface area contributed by atoms with E-state index in [1.165, 1.54) is 0 Å². The average molecular weight is 248 g/mol. The quantitative estimate of drug-likeness (QED) is 0.877. The first-order chi connectivity index (χ1) is 8.81. The fourth-order valence-corrected chi connectivity index (χ4v) is 2.02. The van der Waals surface area contributed by atoms with E-state index in [1.54, 1.807) is 6.20 Å². The van der Waals surface area contributed by atoms with Gasteiger partial charge in [0.05, 0.1) is 0 Å². The van der Waals surface area contributed by atoms with Crippen molar-refractivity contribution in [1.29, 1.82) is 0 Å². The van der Waals surface area contributed by atoms with Gasteiger partial charge in [-0.2, -0.15) is 0 Å². The lowest BCUT2D eigenvalue weighted by Crippen LogP contribution is -2.52. The van der Waals surface area contributed by atoms with Gasteiger partial charge in [-0.15, -0.1) is 0 Å². The first-order valence-corrected chi connectivity index (χ1v) is 6.50. The lowest BCUT2D eigenvalue weighted by atomic mass is 10.3. The molecule has 5 heteroatoms. The van der Waals surface area contributed by atoms with Crippen molar-refractivity contribution < 1.29 is 4.79 Å². The minimum atomic E-state index is 0.0533. The Balaban J connectivity index is 1.83. The molecule has 0 bridgehead atoms. The number of piperazine rings is 1. The number of anilines is 1. The first kappa shape index (κ1) is 12.7. The molecule has 0 unspecified atom stereocenters. The van der Waals surface area contributed by atoms with E-state index in [0.29, 0.717) is 0 Å². The van der Waals surface area contributed by atoms with Gasteiger partial charge >= 0.3 is 6.03 Å². The number of urea groups is 1. The van der Waals surface area contributed by atoms with Gasteiger partial charge in [0.1, 0.15) is 5.82 Å². The molecule has 0 saturated carbocycles. The van der Waals surface area contributed by atoms with Crippen molar-refractivity contribution in [3.8, 4) is 0 Å². The maximum absolute atomic E-state index is 11.8. The van der Waals surface area contributed by atoms with Crippen LogP contribution in [-0.2, 0) is 0 Å². The summed E-state index contributed by atoms with van der Waals surface area (Å²) in [7, 11) is 0. The van der Waals surface area contributed by atoms with Crippen molar-refractivity contribution in [2.45, 2.75) is 13.3 Å². The zero-order valence-corrected chi connectivity index (χ0v) is 10.8. The van der Waals surface area contributed by atoms with Gasteiger partial charge in [-0.1, -0.05) is 13.0 Å². The average Bonchev–Trinajstić information content (AvgIpc) is 2.46. The van der Waals surface area contributed by atoms with Crippen LogP contribution in [0.5, 0.6) is 0 Å². The molecule has 1 aliphatic rings. The first-order valence-electron chi connectivity index (χ1n) is 6.50. The van der Waals surface area contributed by atoms with E-state index in [0.717, 1.165) is 45.0 Å². The standard InChI is InChI=1S/C13H20N4O/c1-2-6-15-13(18)17-10-8-16(9-11-17)12-5-3-4-7-14-12/h3-5,7H,2,6,8-11H2,1H3,(H,15,18). The summed E-state index contributed by atoms with van der Waals surface area (Å²) in [5.41, 5.74) is 0. The second kappa shape index (κ2) is 6.23. The molecule has 0 aromatic carbocycles. The Hall–Kier alpha value is -1.78. The van der Waals surface area contributed by atoms with Crippen LogP contribution in [-0.4, -0.2) is 48.6 Å². The fraction of sp³-hybridized carbons (Fsp3) is 0.538. The zero-order chi connectivity index (χ0) is 12.8. The highest BCUT2D eigenvalue weighted by molar-refractivity contribution is 5.74. The monoisotopic (exact) mass is 248 g/mol. The number of nitrogens with zero attached hydrogens (tertiary/aromatic N) is 3. The maximum atomic E-state index is 11.8. The topological polar surface area (TPSA) is 48.5 Å². The van der Waals surface area contributed by atoms with Crippen LogP contribution < -0.4 is 10.2 Å². The summed E-state index contributed by atoms with van der Waals surface area (Å²) in [4.78, 5) is 20.2. The van der Waals surface area contributed by atoms with Gasteiger partial charge < -0.3 is 15.1 Å². The molecule has 0 radical (unpaired) electrons. The molecule has 1 aromatic rings. The number of hydrogen-bond acceptors (Lipinski definition) is 3. The van der Waals surface area contributed by atoms with E-state index in [1.807, 2.05) is 23.1 Å². The molecule has 0 aliphatic carbocycles. The molecule has 0 atom stereocenters. The molecule has 2 heterocycles. The predicted molar refractivity (Wildman–Crippen MR) is 71.7 cm³/mol. The van der Waals surface area contributed by atoms with E-state index < -0.39 is 0 Å². The number of amides is 2. The Morgan fingerprint density at radius 2 is 2.11 bits per heavy atom. The summed E-state index contributed by atoms with van der Waals surface area (Å²) in [6.45, 7) is 6.00. The summed E-state index contributed by atoms with van der Waals surface area (Å²) in [6.07, 6.45) is 2.77. The van der Waals surface area contributed by atoms with E-state index in [9.17, 15) is 4.79 Å². The fourth-order valence-electron chi connectivity index (χ4n) is 2.02. The number of pyridine rings is 1. The molecule has 0 spiro atoms. The van der Waals surface area contributed by atoms with Gasteiger partial charge in [0.25, 0.3) is 0 Å². The second-order valence-electron chi connectivity index (χ2n) is 4.39. The van der Waals surface area contributed by atoms with Gasteiger partial charge in [0.15, 0.2) is 0 Å². The molecule has 1 saturated heterocycles. The number of hydrogen-bond donors (Lipinski definition) is 1. The zero-order valence-electron chi connectivity index (χ0n) is 10.8. The SMILES string of the molecule is CCCNC(=O)N1CCN(c2ccccn2)CC1. The summed E-state index contributed by atoms with van der Waals surface area (Å²) in [6, 6.07) is 5.96. The Bertz CT molecular complexity index is 374. The van der Waals surface area contributed by atoms with Crippen LogP contribution in [0.4, 0.5) is 10.6 Å². The molecule has 98 valence electrons. The summed E-state index contributed by atoms with van der Waals surface area (Å²) in [5, 5.41) is 2.91. The van der Waals surface area contributed by atoms with Crippen LogP contribution >= 0.6 is 0 Å².